The number of halogens is 1. The number of unbranched alkanes of at least 4 members (excludes halogenated alkanes) is 1. The summed E-state index contributed by atoms with van der Waals surface area (Å²) in [7, 11) is 0. The van der Waals surface area contributed by atoms with E-state index in [0.29, 0.717) is 37.4 Å². The molecule has 1 saturated heterocycles. The van der Waals surface area contributed by atoms with Crippen molar-refractivity contribution in [2.24, 2.45) is 5.10 Å². The third kappa shape index (κ3) is 6.80. The van der Waals surface area contributed by atoms with E-state index in [0.717, 1.165) is 51.3 Å². The second kappa shape index (κ2) is 12.6. The first-order valence-electron chi connectivity index (χ1n) is 11.8. The maximum Gasteiger partial charge on any atom is 0.281 e. The van der Waals surface area contributed by atoms with Crippen molar-refractivity contribution in [2.45, 2.75) is 26.2 Å². The number of ketones is 1. The summed E-state index contributed by atoms with van der Waals surface area (Å²) < 4.78 is 5.35. The SMILES string of the molecule is C/C(=N\NC(=O)c1ccc(C(=O)CCCCN2CCOCC2)s1)c1csc(-c2ccc(Cl)cc2)c1O. The smallest absolute Gasteiger partial charge is 0.281 e. The number of thiophene rings is 2. The molecule has 1 aliphatic heterocycles. The molecule has 7 nitrogen and oxygen atoms in total. The number of amides is 1. The number of ether oxygens (including phenoxy) is 1. The summed E-state index contributed by atoms with van der Waals surface area (Å²) in [5.74, 6) is -0.229. The van der Waals surface area contributed by atoms with E-state index < -0.39 is 5.91 Å². The Hall–Kier alpha value is -2.56. The van der Waals surface area contributed by atoms with E-state index in [4.69, 9.17) is 16.3 Å². The van der Waals surface area contributed by atoms with Gasteiger partial charge in [0.05, 0.1) is 39.1 Å². The second-order valence-corrected chi connectivity index (χ2v) is 10.9. The maximum absolute atomic E-state index is 12.6. The standard InChI is InChI=1S/C26H28ClN3O4S2/c1-17(20-16-35-25(24(20)32)18-5-7-19(27)8-6-18)28-29-26(33)23-10-9-22(36-23)21(31)4-2-3-11-30-12-14-34-15-13-30/h5-10,16,32H,2-4,11-15H2,1H3,(H,29,33)/b28-17+. The van der Waals surface area contributed by atoms with Crippen LogP contribution in [-0.4, -0.2) is 60.3 Å². The number of rotatable bonds is 10. The molecule has 3 heterocycles. The predicted octanol–water partition coefficient (Wildman–Crippen LogP) is 5.67. The molecule has 10 heteroatoms. The van der Waals surface area contributed by atoms with E-state index in [1.807, 2.05) is 12.1 Å². The van der Waals surface area contributed by atoms with Gasteiger partial charge in [0.1, 0.15) is 5.75 Å². The molecule has 36 heavy (non-hydrogen) atoms. The number of hydrogen-bond acceptors (Lipinski definition) is 8. The summed E-state index contributed by atoms with van der Waals surface area (Å²) in [6, 6.07) is 10.6. The first-order valence-corrected chi connectivity index (χ1v) is 13.8. The fourth-order valence-corrected chi connectivity index (χ4v) is 5.84. The molecule has 0 bridgehead atoms. The zero-order valence-electron chi connectivity index (χ0n) is 20.0. The number of nitrogens with zero attached hydrogens (tertiary/aromatic N) is 2. The lowest BCUT2D eigenvalue weighted by Crippen LogP contribution is -2.36. The molecular formula is C26H28ClN3O4S2. The molecule has 0 saturated carbocycles. The van der Waals surface area contributed by atoms with Crippen LogP contribution in [0.15, 0.2) is 46.9 Å². The van der Waals surface area contributed by atoms with Crippen LogP contribution in [0, 0.1) is 0 Å². The predicted molar refractivity (Wildman–Crippen MR) is 146 cm³/mol. The van der Waals surface area contributed by atoms with Gasteiger partial charge in [-0.1, -0.05) is 23.7 Å². The molecule has 0 spiro atoms. The summed E-state index contributed by atoms with van der Waals surface area (Å²) in [4.78, 5) is 29.2. The van der Waals surface area contributed by atoms with Gasteiger partial charge in [0.15, 0.2) is 5.78 Å². The fourth-order valence-electron chi connectivity index (χ4n) is 3.84. The Balaban J connectivity index is 1.29. The summed E-state index contributed by atoms with van der Waals surface area (Å²) in [6.45, 7) is 6.16. The minimum Gasteiger partial charge on any atom is -0.506 e. The molecule has 0 radical (unpaired) electrons. The Bertz CT molecular complexity index is 1230. The van der Waals surface area contributed by atoms with E-state index in [9.17, 15) is 14.7 Å². The van der Waals surface area contributed by atoms with E-state index in [-0.39, 0.29) is 11.5 Å². The van der Waals surface area contributed by atoms with Crippen LogP contribution in [0.2, 0.25) is 5.02 Å². The number of morpholine rings is 1. The summed E-state index contributed by atoms with van der Waals surface area (Å²) >= 11 is 8.51. The largest absolute Gasteiger partial charge is 0.506 e. The monoisotopic (exact) mass is 545 g/mol. The normalized spacial score (nSPS) is 14.7. The van der Waals surface area contributed by atoms with Crippen molar-refractivity contribution in [3.05, 3.63) is 62.1 Å². The van der Waals surface area contributed by atoms with Crippen LogP contribution in [0.25, 0.3) is 10.4 Å². The van der Waals surface area contributed by atoms with Gasteiger partial charge in [-0.15, -0.1) is 22.7 Å². The Kier molecular flexibility index (Phi) is 9.28. The minimum atomic E-state index is -0.390. The lowest BCUT2D eigenvalue weighted by Gasteiger charge is -2.26. The van der Waals surface area contributed by atoms with Crippen LogP contribution in [0.1, 0.15) is 51.1 Å². The average molecular weight is 546 g/mol. The molecule has 1 aliphatic rings. The zero-order valence-corrected chi connectivity index (χ0v) is 22.3. The van der Waals surface area contributed by atoms with Crippen LogP contribution in [0.4, 0.5) is 0 Å². The van der Waals surface area contributed by atoms with Gasteiger partial charge in [-0.25, -0.2) is 5.43 Å². The summed E-state index contributed by atoms with van der Waals surface area (Å²) in [5.41, 5.74) is 4.40. The molecule has 0 atom stereocenters. The Labute approximate surface area is 223 Å². The number of carbonyl (C=O) groups excluding carboxylic acids is 2. The topological polar surface area (TPSA) is 91.2 Å². The van der Waals surface area contributed by atoms with Crippen LogP contribution < -0.4 is 5.43 Å². The summed E-state index contributed by atoms with van der Waals surface area (Å²) in [5, 5.41) is 17.3. The van der Waals surface area contributed by atoms with Crippen molar-refractivity contribution in [1.82, 2.24) is 10.3 Å². The molecular weight excluding hydrogens is 518 g/mol. The van der Waals surface area contributed by atoms with E-state index in [1.54, 1.807) is 36.6 Å². The molecule has 4 rings (SSSR count). The van der Waals surface area contributed by atoms with Gasteiger partial charge < -0.3 is 9.84 Å². The van der Waals surface area contributed by atoms with Crippen molar-refractivity contribution in [3.63, 3.8) is 0 Å². The number of benzene rings is 1. The number of aromatic hydroxyl groups is 1. The highest BCUT2D eigenvalue weighted by molar-refractivity contribution is 7.16. The van der Waals surface area contributed by atoms with Crippen molar-refractivity contribution < 1.29 is 19.4 Å². The molecule has 2 aromatic heterocycles. The molecule has 0 unspecified atom stereocenters. The lowest BCUT2D eigenvalue weighted by atomic mass is 10.1. The molecule has 2 N–H and O–H groups in total. The van der Waals surface area contributed by atoms with Crippen LogP contribution >= 0.6 is 34.3 Å². The highest BCUT2D eigenvalue weighted by Crippen LogP contribution is 2.39. The second-order valence-electron chi connectivity index (χ2n) is 8.47. The van der Waals surface area contributed by atoms with Crippen molar-refractivity contribution in [3.8, 4) is 16.2 Å². The van der Waals surface area contributed by atoms with Gasteiger partial charge in [0.2, 0.25) is 0 Å². The Morgan fingerprint density at radius 1 is 1.11 bits per heavy atom. The Morgan fingerprint density at radius 3 is 2.58 bits per heavy atom. The van der Waals surface area contributed by atoms with Gasteiger partial charge in [-0.3, -0.25) is 14.5 Å². The molecule has 1 fully saturated rings. The fraction of sp³-hybridized carbons (Fsp3) is 0.346. The minimum absolute atomic E-state index is 0.0543. The van der Waals surface area contributed by atoms with E-state index >= 15 is 0 Å². The number of nitrogens with one attached hydrogen (secondary N) is 1. The van der Waals surface area contributed by atoms with Gasteiger partial charge >= 0.3 is 0 Å². The number of Topliss-reactive ketones (excluding diaryl/α,β-unsaturated/α-hetero) is 1. The average Bonchev–Trinajstić information content (AvgIpc) is 3.54. The number of hydrogen-bond donors (Lipinski definition) is 2. The first kappa shape index (κ1) is 26.5. The maximum atomic E-state index is 12.6. The molecule has 190 valence electrons. The van der Waals surface area contributed by atoms with E-state index in [2.05, 4.69) is 15.4 Å². The molecule has 0 aliphatic carbocycles. The summed E-state index contributed by atoms with van der Waals surface area (Å²) in [6.07, 6.45) is 2.26. The van der Waals surface area contributed by atoms with Crippen molar-refractivity contribution in [1.29, 1.82) is 0 Å². The van der Waals surface area contributed by atoms with Crippen molar-refractivity contribution >= 4 is 51.7 Å². The van der Waals surface area contributed by atoms with Gasteiger partial charge in [0, 0.05) is 29.9 Å². The van der Waals surface area contributed by atoms with Crippen LogP contribution in [0.5, 0.6) is 5.75 Å². The van der Waals surface area contributed by atoms with Gasteiger partial charge in [0.25, 0.3) is 5.91 Å². The van der Waals surface area contributed by atoms with Gasteiger partial charge in [-0.2, -0.15) is 5.10 Å². The number of hydrazone groups is 1. The molecule has 1 aromatic carbocycles. The third-order valence-corrected chi connectivity index (χ3v) is 8.32. The molecule has 3 aromatic rings. The van der Waals surface area contributed by atoms with Crippen molar-refractivity contribution in [2.75, 3.05) is 32.8 Å². The first-order chi connectivity index (χ1) is 17.4. The lowest BCUT2D eigenvalue weighted by molar-refractivity contribution is 0.0371. The zero-order chi connectivity index (χ0) is 25.5. The van der Waals surface area contributed by atoms with Gasteiger partial charge in [-0.05, 0) is 56.1 Å². The molecule has 1 amide bonds. The number of carbonyl (C=O) groups is 2. The van der Waals surface area contributed by atoms with E-state index in [1.165, 1.54) is 22.7 Å². The highest BCUT2D eigenvalue weighted by Gasteiger charge is 2.17. The Morgan fingerprint density at radius 2 is 1.83 bits per heavy atom. The quantitative estimate of drug-likeness (QED) is 0.148. The highest BCUT2D eigenvalue weighted by atomic mass is 35.5. The van der Waals surface area contributed by atoms with Crippen LogP contribution in [-0.2, 0) is 4.74 Å². The van der Waals surface area contributed by atoms with Crippen LogP contribution in [0.3, 0.4) is 0 Å². The third-order valence-electron chi connectivity index (χ3n) is 5.92.